The van der Waals surface area contributed by atoms with E-state index in [0.29, 0.717) is 6.47 Å². The smallest absolute Gasteiger partial charge is 0.279 e. The van der Waals surface area contributed by atoms with Crippen molar-refractivity contribution in [1.82, 2.24) is 4.90 Å². The van der Waals surface area contributed by atoms with Crippen molar-refractivity contribution in [3.05, 3.63) is 0 Å². The second-order valence-corrected chi connectivity index (χ2v) is 3.05. The van der Waals surface area contributed by atoms with Crippen LogP contribution in [0.15, 0.2) is 0 Å². The van der Waals surface area contributed by atoms with E-state index in [9.17, 15) is 4.79 Å². The molecule has 0 saturated carbocycles. The summed E-state index contributed by atoms with van der Waals surface area (Å²) in [6.07, 6.45) is 0.954. The maximum atomic E-state index is 9.67. The molecule has 0 atom stereocenters. The van der Waals surface area contributed by atoms with Gasteiger partial charge in [-0.15, -0.1) is 0 Å². The van der Waals surface area contributed by atoms with E-state index in [1.165, 1.54) is 0 Å². The lowest BCUT2D eigenvalue weighted by Gasteiger charge is -2.10. The molecule has 0 aliphatic rings. The standard InChI is InChI=1S/C5H13NO2Si.CH4/c1-3-6(2)4-9-8-5-7;/h5H,3-4,9H2,1-2H3;1H4. The Balaban J connectivity index is 0. The van der Waals surface area contributed by atoms with Gasteiger partial charge in [0.05, 0.1) is 0 Å². The number of carbonyl (C=O) groups excluding carboxylic acids is 1. The zero-order chi connectivity index (χ0) is 7.11. The quantitative estimate of drug-likeness (QED) is 0.319. The van der Waals surface area contributed by atoms with Gasteiger partial charge in [-0.05, 0) is 13.6 Å². The largest absolute Gasteiger partial charge is 0.526 e. The second-order valence-electron chi connectivity index (χ2n) is 1.86. The highest BCUT2D eigenvalue weighted by molar-refractivity contribution is 6.29. The molecule has 0 heterocycles. The third kappa shape index (κ3) is 7.65. The van der Waals surface area contributed by atoms with Crippen LogP contribution in [-0.2, 0) is 9.22 Å². The number of carbonyl (C=O) groups is 1. The first kappa shape index (κ1) is 12.3. The normalized spacial score (nSPS) is 9.90. The summed E-state index contributed by atoms with van der Waals surface area (Å²) in [6.45, 7) is 3.64. The van der Waals surface area contributed by atoms with Crippen molar-refractivity contribution in [3.63, 3.8) is 0 Å². The summed E-state index contributed by atoms with van der Waals surface area (Å²) in [7, 11) is 1.43. The van der Waals surface area contributed by atoms with Gasteiger partial charge in [0.1, 0.15) is 0 Å². The Morgan fingerprint density at radius 2 is 2.30 bits per heavy atom. The molecule has 0 saturated heterocycles. The number of hydrogen-bond acceptors (Lipinski definition) is 3. The van der Waals surface area contributed by atoms with Gasteiger partial charge in [-0.1, -0.05) is 14.4 Å². The molecule has 4 heteroatoms. The van der Waals surface area contributed by atoms with E-state index in [1.54, 1.807) is 0 Å². The predicted octanol–water partition coefficient (Wildman–Crippen LogP) is -0.211. The first-order valence-corrected chi connectivity index (χ1v) is 4.62. The second kappa shape index (κ2) is 8.65. The molecule has 0 fully saturated rings. The van der Waals surface area contributed by atoms with E-state index in [1.807, 2.05) is 7.05 Å². The summed E-state index contributed by atoms with van der Waals surface area (Å²) in [5.41, 5.74) is 0. The SMILES string of the molecule is C.CCN(C)C[SiH2]OC=O. The fourth-order valence-electron chi connectivity index (χ4n) is 0.415. The van der Waals surface area contributed by atoms with Gasteiger partial charge in [0, 0.05) is 6.17 Å². The molecule has 0 amide bonds. The highest BCUT2D eigenvalue weighted by Crippen LogP contribution is 1.76. The topological polar surface area (TPSA) is 29.5 Å². The van der Waals surface area contributed by atoms with Gasteiger partial charge in [0.15, 0.2) is 0 Å². The molecule has 0 radical (unpaired) electrons. The first-order chi connectivity index (χ1) is 4.31. The van der Waals surface area contributed by atoms with E-state index in [0.717, 1.165) is 12.7 Å². The summed E-state index contributed by atoms with van der Waals surface area (Å²) in [5.74, 6) is 0. The molecule has 62 valence electrons. The van der Waals surface area contributed by atoms with Crippen LogP contribution in [0, 0.1) is 0 Å². The predicted molar refractivity (Wildman–Crippen MR) is 45.6 cm³/mol. The summed E-state index contributed by atoms with van der Waals surface area (Å²) >= 11 is 0. The molecular weight excluding hydrogens is 146 g/mol. The van der Waals surface area contributed by atoms with Gasteiger partial charge < -0.3 is 9.33 Å². The number of nitrogens with zero attached hydrogens (tertiary/aromatic N) is 1. The van der Waals surface area contributed by atoms with E-state index >= 15 is 0 Å². The Kier molecular flexibility index (Phi) is 10.7. The van der Waals surface area contributed by atoms with Gasteiger partial charge in [-0.2, -0.15) is 0 Å². The maximum absolute atomic E-state index is 9.67. The van der Waals surface area contributed by atoms with Crippen molar-refractivity contribution in [3.8, 4) is 0 Å². The molecule has 0 aliphatic carbocycles. The van der Waals surface area contributed by atoms with Crippen LogP contribution < -0.4 is 0 Å². The van der Waals surface area contributed by atoms with Crippen molar-refractivity contribution in [2.45, 2.75) is 14.4 Å². The van der Waals surface area contributed by atoms with Crippen LogP contribution in [0.3, 0.4) is 0 Å². The maximum Gasteiger partial charge on any atom is 0.279 e. The minimum absolute atomic E-state index is 0. The Labute approximate surface area is 65.3 Å². The highest BCUT2D eigenvalue weighted by atomic mass is 28.2. The molecular formula is C6H17NO2Si. The molecule has 0 aliphatic heterocycles. The van der Waals surface area contributed by atoms with Gasteiger partial charge in [0.25, 0.3) is 6.47 Å². The molecule has 10 heavy (non-hydrogen) atoms. The van der Waals surface area contributed by atoms with Gasteiger partial charge in [-0.3, -0.25) is 4.79 Å². The molecule has 0 unspecified atom stereocenters. The molecule has 0 N–H and O–H groups in total. The molecule has 0 aromatic carbocycles. The first-order valence-electron chi connectivity index (χ1n) is 3.05. The van der Waals surface area contributed by atoms with Gasteiger partial charge in [0.2, 0.25) is 9.76 Å². The minimum atomic E-state index is -0.589. The van der Waals surface area contributed by atoms with E-state index in [4.69, 9.17) is 0 Å². The van der Waals surface area contributed by atoms with Crippen LogP contribution in [-0.4, -0.2) is 40.9 Å². The average Bonchev–Trinajstić information content (AvgIpc) is 1.89. The van der Waals surface area contributed by atoms with E-state index in [2.05, 4.69) is 16.2 Å². The molecule has 0 spiro atoms. The Morgan fingerprint density at radius 3 is 2.70 bits per heavy atom. The number of hydrogen-bond donors (Lipinski definition) is 0. The Bertz CT molecular complexity index is 80.1. The lowest BCUT2D eigenvalue weighted by atomic mass is 10.7. The monoisotopic (exact) mass is 163 g/mol. The third-order valence-electron chi connectivity index (χ3n) is 1.20. The Morgan fingerprint density at radius 1 is 1.70 bits per heavy atom. The molecule has 0 aromatic heterocycles. The van der Waals surface area contributed by atoms with Crippen LogP contribution in [0.25, 0.3) is 0 Å². The summed E-state index contributed by atoms with van der Waals surface area (Å²) in [6, 6.07) is 0. The summed E-state index contributed by atoms with van der Waals surface area (Å²) in [4.78, 5) is 11.8. The van der Waals surface area contributed by atoms with Gasteiger partial charge >= 0.3 is 0 Å². The zero-order valence-electron chi connectivity index (χ0n) is 5.96. The van der Waals surface area contributed by atoms with Crippen molar-refractivity contribution < 1.29 is 9.22 Å². The fraction of sp³-hybridized carbons (Fsp3) is 0.833. The van der Waals surface area contributed by atoms with E-state index in [-0.39, 0.29) is 7.43 Å². The summed E-state index contributed by atoms with van der Waals surface area (Å²) < 4.78 is 4.62. The van der Waals surface area contributed by atoms with Gasteiger partial charge in [-0.25, -0.2) is 0 Å². The van der Waals surface area contributed by atoms with Crippen molar-refractivity contribution in [2.24, 2.45) is 0 Å². The van der Waals surface area contributed by atoms with Crippen molar-refractivity contribution >= 4 is 16.2 Å². The zero-order valence-corrected chi connectivity index (χ0v) is 7.38. The molecule has 0 bridgehead atoms. The van der Waals surface area contributed by atoms with Crippen LogP contribution in [0.4, 0.5) is 0 Å². The summed E-state index contributed by atoms with van der Waals surface area (Å²) in [5, 5.41) is 0. The third-order valence-corrected chi connectivity index (χ3v) is 2.52. The molecule has 0 aromatic rings. The fourth-order valence-corrected chi connectivity index (χ4v) is 1.24. The molecule has 3 nitrogen and oxygen atoms in total. The number of rotatable bonds is 5. The van der Waals surface area contributed by atoms with Crippen LogP contribution in [0.1, 0.15) is 14.4 Å². The van der Waals surface area contributed by atoms with Crippen LogP contribution in [0.2, 0.25) is 0 Å². The Hall–Kier alpha value is -0.353. The van der Waals surface area contributed by atoms with E-state index < -0.39 is 9.76 Å². The van der Waals surface area contributed by atoms with Crippen molar-refractivity contribution in [1.29, 1.82) is 0 Å². The minimum Gasteiger partial charge on any atom is -0.526 e. The van der Waals surface area contributed by atoms with Crippen molar-refractivity contribution in [2.75, 3.05) is 19.8 Å². The van der Waals surface area contributed by atoms with Crippen LogP contribution >= 0.6 is 0 Å². The molecule has 0 rings (SSSR count). The van der Waals surface area contributed by atoms with Crippen LogP contribution in [0.5, 0.6) is 0 Å². The lowest BCUT2D eigenvalue weighted by Crippen LogP contribution is -2.24. The lowest BCUT2D eigenvalue weighted by molar-refractivity contribution is -0.120. The highest BCUT2D eigenvalue weighted by Gasteiger charge is 1.92. The average molecular weight is 163 g/mol.